The van der Waals surface area contributed by atoms with Crippen molar-refractivity contribution in [1.29, 1.82) is 0 Å². The molecule has 1 rings (SSSR count). The van der Waals surface area contributed by atoms with Crippen LogP contribution in [0.4, 0.5) is 0 Å². The number of nitrogens with one attached hydrogen (secondary N) is 1. The maximum atomic E-state index is 12.0. The Morgan fingerprint density at radius 3 is 2.30 bits per heavy atom. The Morgan fingerprint density at radius 1 is 1.22 bits per heavy atom. The molecule has 7 heteroatoms. The highest BCUT2D eigenvalue weighted by Gasteiger charge is 2.27. The molecule has 0 aliphatic rings. The molecule has 0 bridgehead atoms. The van der Waals surface area contributed by atoms with E-state index in [0.29, 0.717) is 13.0 Å². The molecule has 1 aromatic rings. The highest BCUT2D eigenvalue weighted by molar-refractivity contribution is 7.90. The van der Waals surface area contributed by atoms with E-state index in [-0.39, 0.29) is 35.2 Å². The summed E-state index contributed by atoms with van der Waals surface area (Å²) in [6.07, 6.45) is 0.387. The van der Waals surface area contributed by atoms with Crippen molar-refractivity contribution in [2.75, 3.05) is 12.3 Å². The van der Waals surface area contributed by atoms with Crippen molar-refractivity contribution in [3.8, 4) is 0 Å². The highest BCUT2D eigenvalue weighted by Crippen LogP contribution is 2.17. The largest absolute Gasteiger partial charge is 0.355 e. The third kappa shape index (κ3) is 8.34. The van der Waals surface area contributed by atoms with Crippen molar-refractivity contribution in [2.45, 2.75) is 39.0 Å². The van der Waals surface area contributed by atoms with Crippen LogP contribution in [-0.4, -0.2) is 32.7 Å². The van der Waals surface area contributed by atoms with Crippen LogP contribution >= 0.6 is 12.4 Å². The van der Waals surface area contributed by atoms with Crippen molar-refractivity contribution >= 4 is 28.2 Å². The lowest BCUT2D eigenvalue weighted by atomic mass is 9.87. The topological polar surface area (TPSA) is 89.3 Å². The fourth-order valence-corrected chi connectivity index (χ4v) is 3.34. The average molecular weight is 363 g/mol. The van der Waals surface area contributed by atoms with Crippen LogP contribution in [0.2, 0.25) is 0 Å². The smallest absolute Gasteiger partial charge is 0.237 e. The Kier molecular flexibility index (Phi) is 8.80. The molecule has 0 aromatic heterocycles. The molecule has 0 saturated carbocycles. The molecule has 1 atom stereocenters. The van der Waals surface area contributed by atoms with Crippen LogP contribution in [0.3, 0.4) is 0 Å². The Balaban J connectivity index is 0.00000484. The van der Waals surface area contributed by atoms with E-state index in [1.54, 1.807) is 12.1 Å². The van der Waals surface area contributed by atoms with E-state index in [2.05, 4.69) is 5.32 Å². The van der Waals surface area contributed by atoms with Gasteiger partial charge in [0.05, 0.1) is 17.5 Å². The van der Waals surface area contributed by atoms with E-state index in [4.69, 9.17) is 5.73 Å². The van der Waals surface area contributed by atoms with Gasteiger partial charge in [0, 0.05) is 6.54 Å². The third-order valence-corrected chi connectivity index (χ3v) is 5.06. The molecule has 132 valence electrons. The summed E-state index contributed by atoms with van der Waals surface area (Å²) in [5, 5.41) is 2.70. The van der Waals surface area contributed by atoms with Crippen LogP contribution < -0.4 is 11.1 Å². The first-order valence-electron chi connectivity index (χ1n) is 7.39. The molecule has 5 nitrogen and oxygen atoms in total. The summed E-state index contributed by atoms with van der Waals surface area (Å²) in [5.74, 6) is -0.163. The molecule has 1 aromatic carbocycles. The molecule has 0 radical (unpaired) electrons. The maximum Gasteiger partial charge on any atom is 0.237 e. The van der Waals surface area contributed by atoms with Gasteiger partial charge in [0.1, 0.15) is 0 Å². The lowest BCUT2D eigenvalue weighted by Crippen LogP contribution is -2.48. The Labute approximate surface area is 145 Å². The summed E-state index contributed by atoms with van der Waals surface area (Å²) in [7, 11) is -3.16. The van der Waals surface area contributed by atoms with Crippen molar-refractivity contribution in [3.05, 3.63) is 35.9 Å². The summed E-state index contributed by atoms with van der Waals surface area (Å²) < 4.78 is 24.0. The minimum Gasteiger partial charge on any atom is -0.355 e. The zero-order chi connectivity index (χ0) is 16.8. The summed E-state index contributed by atoms with van der Waals surface area (Å²) in [6.45, 7) is 5.99. The summed E-state index contributed by atoms with van der Waals surface area (Å²) >= 11 is 0. The summed E-state index contributed by atoms with van der Waals surface area (Å²) in [4.78, 5) is 11.8. The number of nitrogens with two attached hydrogens (primary N) is 1. The number of benzene rings is 1. The van der Waals surface area contributed by atoms with Gasteiger partial charge in [-0.15, -0.1) is 12.4 Å². The SMILES string of the molecule is CC(C)(C)[C@H](N)C(=O)NCCCS(=O)(=O)Cc1ccccc1.Cl. The lowest BCUT2D eigenvalue weighted by molar-refractivity contribution is -0.124. The number of amides is 1. The Hall–Kier alpha value is -1.11. The zero-order valence-corrected chi connectivity index (χ0v) is 15.5. The quantitative estimate of drug-likeness (QED) is 0.725. The number of hydrogen-bond donors (Lipinski definition) is 2. The van der Waals surface area contributed by atoms with Gasteiger partial charge in [0.15, 0.2) is 9.84 Å². The first-order chi connectivity index (χ1) is 10.1. The molecular formula is C16H27ClN2O3S. The predicted octanol–water partition coefficient (Wildman–Crippen LogP) is 1.90. The minimum absolute atomic E-state index is 0. The number of carbonyl (C=O) groups excluding carboxylic acids is 1. The van der Waals surface area contributed by atoms with E-state index in [9.17, 15) is 13.2 Å². The molecule has 0 saturated heterocycles. The van der Waals surface area contributed by atoms with Crippen molar-refractivity contribution < 1.29 is 13.2 Å². The second kappa shape index (κ2) is 9.25. The van der Waals surface area contributed by atoms with E-state index < -0.39 is 15.9 Å². The van der Waals surface area contributed by atoms with Gasteiger partial charge >= 0.3 is 0 Å². The van der Waals surface area contributed by atoms with Gasteiger partial charge in [-0.1, -0.05) is 51.1 Å². The molecular weight excluding hydrogens is 336 g/mol. The van der Waals surface area contributed by atoms with Gasteiger partial charge in [-0.25, -0.2) is 8.42 Å². The first-order valence-corrected chi connectivity index (χ1v) is 9.21. The summed E-state index contributed by atoms with van der Waals surface area (Å²) in [5.41, 5.74) is 6.30. The van der Waals surface area contributed by atoms with Gasteiger partial charge in [0.25, 0.3) is 0 Å². The van der Waals surface area contributed by atoms with Crippen molar-refractivity contribution in [2.24, 2.45) is 11.1 Å². The monoisotopic (exact) mass is 362 g/mol. The van der Waals surface area contributed by atoms with Gasteiger partial charge in [-0.05, 0) is 17.4 Å². The second-order valence-corrected chi connectivity index (χ2v) is 8.75. The molecule has 0 fully saturated rings. The maximum absolute atomic E-state index is 12.0. The van der Waals surface area contributed by atoms with E-state index in [1.165, 1.54) is 0 Å². The second-order valence-electron chi connectivity index (χ2n) is 6.57. The number of halogens is 1. The molecule has 0 heterocycles. The van der Waals surface area contributed by atoms with Crippen molar-refractivity contribution in [3.63, 3.8) is 0 Å². The predicted molar refractivity (Wildman–Crippen MR) is 96.2 cm³/mol. The molecule has 0 aliphatic heterocycles. The number of rotatable bonds is 7. The lowest BCUT2D eigenvalue weighted by Gasteiger charge is -2.25. The minimum atomic E-state index is -3.16. The fourth-order valence-electron chi connectivity index (χ4n) is 1.91. The molecule has 0 aliphatic carbocycles. The number of sulfone groups is 1. The van der Waals surface area contributed by atoms with Crippen LogP contribution in [-0.2, 0) is 20.4 Å². The van der Waals surface area contributed by atoms with Crippen LogP contribution in [0.25, 0.3) is 0 Å². The number of carbonyl (C=O) groups is 1. The molecule has 1 amide bonds. The Bertz CT molecular complexity index is 583. The fraction of sp³-hybridized carbons (Fsp3) is 0.562. The normalized spacial score (nSPS) is 13.0. The highest BCUT2D eigenvalue weighted by atomic mass is 35.5. The third-order valence-electron chi connectivity index (χ3n) is 3.38. The van der Waals surface area contributed by atoms with Crippen molar-refractivity contribution in [1.82, 2.24) is 5.32 Å². The van der Waals surface area contributed by atoms with Crippen LogP contribution in [0.1, 0.15) is 32.8 Å². The molecule has 0 unspecified atom stereocenters. The molecule has 0 spiro atoms. The van der Waals surface area contributed by atoms with Crippen LogP contribution in [0.5, 0.6) is 0 Å². The van der Waals surface area contributed by atoms with Gasteiger partial charge in [-0.3, -0.25) is 4.79 Å². The first kappa shape index (κ1) is 21.9. The number of hydrogen-bond acceptors (Lipinski definition) is 4. The van der Waals surface area contributed by atoms with Gasteiger partial charge < -0.3 is 11.1 Å². The zero-order valence-electron chi connectivity index (χ0n) is 13.9. The Morgan fingerprint density at radius 2 is 1.78 bits per heavy atom. The van der Waals surface area contributed by atoms with E-state index >= 15 is 0 Å². The summed E-state index contributed by atoms with van der Waals surface area (Å²) in [6, 6.07) is 8.47. The van der Waals surface area contributed by atoms with E-state index in [1.807, 2.05) is 39.0 Å². The van der Waals surface area contributed by atoms with Gasteiger partial charge in [-0.2, -0.15) is 0 Å². The molecule has 3 N–H and O–H groups in total. The molecule has 23 heavy (non-hydrogen) atoms. The van der Waals surface area contributed by atoms with Crippen LogP contribution in [0, 0.1) is 5.41 Å². The standard InChI is InChI=1S/C16H26N2O3S.ClH/c1-16(2,3)14(17)15(19)18-10-7-11-22(20,21)12-13-8-5-4-6-9-13;/h4-6,8-9,14H,7,10-12,17H2,1-3H3,(H,18,19);1H/t14-;/m1./s1. The average Bonchev–Trinajstić information content (AvgIpc) is 2.42. The van der Waals surface area contributed by atoms with Crippen LogP contribution in [0.15, 0.2) is 30.3 Å². The van der Waals surface area contributed by atoms with E-state index in [0.717, 1.165) is 5.56 Å². The van der Waals surface area contributed by atoms with Gasteiger partial charge in [0.2, 0.25) is 5.91 Å².